The summed E-state index contributed by atoms with van der Waals surface area (Å²) in [7, 11) is 0. The topological polar surface area (TPSA) is 61.4 Å². The molecule has 0 aromatic carbocycles. The molecule has 5 heteroatoms. The molecule has 0 unspecified atom stereocenters. The summed E-state index contributed by atoms with van der Waals surface area (Å²) in [6.07, 6.45) is 5.36. The molecule has 18 heavy (non-hydrogen) atoms. The van der Waals surface area contributed by atoms with Crippen molar-refractivity contribution < 1.29 is 9.90 Å². The number of carbonyl (C=O) groups is 1. The molecular formula is C13H26N2O2S. The molecule has 0 spiro atoms. The van der Waals surface area contributed by atoms with Crippen LogP contribution in [-0.4, -0.2) is 40.8 Å². The number of rotatable bonds is 6. The number of thioether (sulfide) groups is 1. The van der Waals surface area contributed by atoms with E-state index in [0.717, 1.165) is 25.0 Å². The Bertz CT molecular complexity index is 245. The number of hydrogen-bond acceptors (Lipinski definition) is 3. The Hall–Kier alpha value is -0.420. The summed E-state index contributed by atoms with van der Waals surface area (Å²) < 4.78 is 0. The molecular weight excluding hydrogens is 248 g/mol. The summed E-state index contributed by atoms with van der Waals surface area (Å²) >= 11 is 1.99. The predicted octanol–water partition coefficient (Wildman–Crippen LogP) is 2.12. The quantitative estimate of drug-likeness (QED) is 0.695. The van der Waals surface area contributed by atoms with Crippen LogP contribution in [-0.2, 0) is 0 Å². The second-order valence-electron chi connectivity index (χ2n) is 4.85. The monoisotopic (exact) mass is 274 g/mol. The molecule has 3 atom stereocenters. The number of amides is 2. The lowest BCUT2D eigenvalue weighted by molar-refractivity contribution is 0.209. The third-order valence-corrected chi connectivity index (χ3v) is 4.64. The van der Waals surface area contributed by atoms with E-state index in [1.807, 2.05) is 18.7 Å². The lowest BCUT2D eigenvalue weighted by Gasteiger charge is -2.29. The van der Waals surface area contributed by atoms with Crippen LogP contribution in [0.3, 0.4) is 0 Å². The number of aliphatic hydroxyl groups is 1. The molecule has 0 bridgehead atoms. The molecule has 1 aliphatic carbocycles. The highest BCUT2D eigenvalue weighted by Crippen LogP contribution is 2.28. The first kappa shape index (κ1) is 15.6. The summed E-state index contributed by atoms with van der Waals surface area (Å²) in [6.45, 7) is 4.14. The van der Waals surface area contributed by atoms with Gasteiger partial charge in [-0.2, -0.15) is 11.8 Å². The van der Waals surface area contributed by atoms with Crippen molar-refractivity contribution in [2.45, 2.75) is 63.3 Å². The van der Waals surface area contributed by atoms with E-state index < -0.39 is 0 Å². The van der Waals surface area contributed by atoms with Crippen molar-refractivity contribution in [3.8, 4) is 0 Å². The fourth-order valence-electron chi connectivity index (χ4n) is 2.35. The van der Waals surface area contributed by atoms with Crippen LogP contribution in [0.5, 0.6) is 0 Å². The lowest BCUT2D eigenvalue weighted by Crippen LogP contribution is -2.48. The standard InChI is InChI=1S/C13H26N2O2S/c1-3-10(9-16)14-13(17)15-11-6-5-7-12(8-11)18-4-2/h10-12,16H,3-9H2,1-2H3,(H2,14,15,17)/t10-,11+,12+/m0/s1. The van der Waals surface area contributed by atoms with Crippen molar-refractivity contribution in [2.24, 2.45) is 0 Å². The second-order valence-corrected chi connectivity index (χ2v) is 6.42. The first-order chi connectivity index (χ1) is 8.69. The normalized spacial score (nSPS) is 25.5. The van der Waals surface area contributed by atoms with Crippen molar-refractivity contribution in [3.63, 3.8) is 0 Å². The van der Waals surface area contributed by atoms with Crippen molar-refractivity contribution in [1.29, 1.82) is 0 Å². The second kappa shape index (κ2) is 8.64. The fourth-order valence-corrected chi connectivity index (χ4v) is 3.53. The molecule has 1 aliphatic rings. The summed E-state index contributed by atoms with van der Waals surface area (Å²) in [5, 5.41) is 15.6. The smallest absolute Gasteiger partial charge is 0.315 e. The molecule has 1 saturated carbocycles. The molecule has 0 aromatic heterocycles. The van der Waals surface area contributed by atoms with Crippen molar-refractivity contribution >= 4 is 17.8 Å². The molecule has 3 N–H and O–H groups in total. The van der Waals surface area contributed by atoms with Gasteiger partial charge >= 0.3 is 6.03 Å². The Morgan fingerprint density at radius 1 is 1.44 bits per heavy atom. The van der Waals surface area contributed by atoms with Crippen molar-refractivity contribution in [3.05, 3.63) is 0 Å². The number of carbonyl (C=O) groups excluding carboxylic acids is 1. The minimum Gasteiger partial charge on any atom is -0.394 e. The summed E-state index contributed by atoms with van der Waals surface area (Å²) in [5.41, 5.74) is 0. The Morgan fingerprint density at radius 2 is 2.22 bits per heavy atom. The molecule has 106 valence electrons. The summed E-state index contributed by atoms with van der Waals surface area (Å²) in [6, 6.07) is 0.0245. The van der Waals surface area contributed by atoms with Gasteiger partial charge in [0.1, 0.15) is 0 Å². The van der Waals surface area contributed by atoms with Crippen LogP contribution in [0.25, 0.3) is 0 Å². The van der Waals surface area contributed by atoms with E-state index in [0.29, 0.717) is 11.3 Å². The van der Waals surface area contributed by atoms with Gasteiger partial charge in [-0.1, -0.05) is 20.3 Å². The molecule has 1 rings (SSSR count). The summed E-state index contributed by atoms with van der Waals surface area (Å²) in [4.78, 5) is 11.8. The maximum Gasteiger partial charge on any atom is 0.315 e. The maximum atomic E-state index is 11.8. The van der Waals surface area contributed by atoms with Gasteiger partial charge in [-0.25, -0.2) is 4.79 Å². The fraction of sp³-hybridized carbons (Fsp3) is 0.923. The van der Waals surface area contributed by atoms with Gasteiger partial charge in [-0.05, 0) is 31.4 Å². The zero-order chi connectivity index (χ0) is 13.4. The zero-order valence-electron chi connectivity index (χ0n) is 11.4. The van der Waals surface area contributed by atoms with Crippen molar-refractivity contribution in [1.82, 2.24) is 10.6 Å². The summed E-state index contributed by atoms with van der Waals surface area (Å²) in [5.74, 6) is 1.14. The highest BCUT2D eigenvalue weighted by atomic mass is 32.2. The predicted molar refractivity (Wildman–Crippen MR) is 77.0 cm³/mol. The molecule has 0 saturated heterocycles. The largest absolute Gasteiger partial charge is 0.394 e. The number of urea groups is 1. The van der Waals surface area contributed by atoms with Gasteiger partial charge in [-0.3, -0.25) is 0 Å². The van der Waals surface area contributed by atoms with E-state index in [4.69, 9.17) is 5.11 Å². The van der Waals surface area contributed by atoms with Crippen LogP contribution < -0.4 is 10.6 Å². The maximum absolute atomic E-state index is 11.8. The highest BCUT2D eigenvalue weighted by molar-refractivity contribution is 7.99. The van der Waals surface area contributed by atoms with E-state index in [1.165, 1.54) is 12.8 Å². The lowest BCUT2D eigenvalue weighted by atomic mass is 9.95. The molecule has 0 aromatic rings. The SMILES string of the molecule is CCS[C@@H]1CCC[C@@H](NC(=O)N[C@@H](CC)CO)C1. The third kappa shape index (κ3) is 5.48. The van der Waals surface area contributed by atoms with Gasteiger partial charge in [0, 0.05) is 11.3 Å². The molecule has 2 amide bonds. The first-order valence-corrected chi connectivity index (χ1v) is 8.03. The van der Waals surface area contributed by atoms with E-state index >= 15 is 0 Å². The van der Waals surface area contributed by atoms with Gasteiger partial charge in [0.15, 0.2) is 0 Å². The van der Waals surface area contributed by atoms with Gasteiger partial charge in [0.25, 0.3) is 0 Å². The van der Waals surface area contributed by atoms with Crippen LogP contribution in [0.4, 0.5) is 4.79 Å². The first-order valence-electron chi connectivity index (χ1n) is 6.99. The Morgan fingerprint density at radius 3 is 2.83 bits per heavy atom. The van der Waals surface area contributed by atoms with Crippen molar-refractivity contribution in [2.75, 3.05) is 12.4 Å². The molecule has 1 fully saturated rings. The van der Waals surface area contributed by atoms with Crippen LogP contribution in [0.1, 0.15) is 46.0 Å². The van der Waals surface area contributed by atoms with Crippen LogP contribution >= 0.6 is 11.8 Å². The van der Waals surface area contributed by atoms with E-state index in [2.05, 4.69) is 17.6 Å². The Balaban J connectivity index is 2.30. The van der Waals surface area contributed by atoms with E-state index in [9.17, 15) is 4.79 Å². The Kier molecular flexibility index (Phi) is 7.51. The minimum absolute atomic E-state index is 0.00288. The number of nitrogens with one attached hydrogen (secondary N) is 2. The molecule has 0 radical (unpaired) electrons. The average Bonchev–Trinajstić information content (AvgIpc) is 2.36. The van der Waals surface area contributed by atoms with Crippen LogP contribution in [0.2, 0.25) is 0 Å². The number of hydrogen-bond donors (Lipinski definition) is 3. The van der Waals surface area contributed by atoms with Gasteiger partial charge in [0.2, 0.25) is 0 Å². The molecule has 4 nitrogen and oxygen atoms in total. The molecule has 0 heterocycles. The third-order valence-electron chi connectivity index (χ3n) is 3.41. The van der Waals surface area contributed by atoms with Gasteiger partial charge < -0.3 is 15.7 Å². The minimum atomic E-state index is -0.136. The molecule has 0 aliphatic heterocycles. The van der Waals surface area contributed by atoms with Gasteiger partial charge in [-0.15, -0.1) is 0 Å². The van der Waals surface area contributed by atoms with Crippen LogP contribution in [0, 0.1) is 0 Å². The zero-order valence-corrected chi connectivity index (χ0v) is 12.3. The average molecular weight is 274 g/mol. The van der Waals surface area contributed by atoms with E-state index in [-0.39, 0.29) is 18.7 Å². The Labute approximate surface area is 114 Å². The van der Waals surface area contributed by atoms with Crippen LogP contribution in [0.15, 0.2) is 0 Å². The number of aliphatic hydroxyl groups excluding tert-OH is 1. The van der Waals surface area contributed by atoms with Gasteiger partial charge in [0.05, 0.1) is 12.6 Å². The van der Waals surface area contributed by atoms with E-state index in [1.54, 1.807) is 0 Å². The highest BCUT2D eigenvalue weighted by Gasteiger charge is 2.23.